The van der Waals surface area contributed by atoms with Crippen molar-refractivity contribution in [3.8, 4) is 0 Å². The van der Waals surface area contributed by atoms with Gasteiger partial charge < -0.3 is 9.84 Å². The van der Waals surface area contributed by atoms with E-state index in [9.17, 15) is 5.11 Å². The molecule has 0 unspecified atom stereocenters. The van der Waals surface area contributed by atoms with Gasteiger partial charge in [0.1, 0.15) is 0 Å². The molecule has 0 aromatic heterocycles. The summed E-state index contributed by atoms with van der Waals surface area (Å²) >= 11 is 0. The lowest BCUT2D eigenvalue weighted by Gasteiger charge is -2.23. The van der Waals surface area contributed by atoms with E-state index < -0.39 is 0 Å². The molecule has 0 radical (unpaired) electrons. The van der Waals surface area contributed by atoms with Gasteiger partial charge in [0, 0.05) is 6.61 Å². The van der Waals surface area contributed by atoms with Crippen molar-refractivity contribution in [3.05, 3.63) is 12.2 Å². The number of rotatable bonds is 5. The first-order valence-corrected chi connectivity index (χ1v) is 5.30. The first-order chi connectivity index (χ1) is 6.35. The maximum atomic E-state index is 9.51. The second-order valence-corrected chi connectivity index (χ2v) is 4.86. The molecular formula is C12H24O2. The molecule has 1 N–H and O–H groups in total. The van der Waals surface area contributed by atoms with E-state index in [1.165, 1.54) is 0 Å². The lowest BCUT2D eigenvalue weighted by atomic mass is 10.0. The van der Waals surface area contributed by atoms with Crippen LogP contribution in [0.3, 0.4) is 0 Å². The van der Waals surface area contributed by atoms with Crippen molar-refractivity contribution in [1.29, 1.82) is 0 Å². The molecule has 0 bridgehead atoms. The minimum Gasteiger partial charge on any atom is -0.389 e. The summed E-state index contributed by atoms with van der Waals surface area (Å²) in [4.78, 5) is 0. The van der Waals surface area contributed by atoms with Gasteiger partial charge in [-0.1, -0.05) is 19.1 Å². The molecule has 84 valence electrons. The van der Waals surface area contributed by atoms with Crippen LogP contribution in [0.25, 0.3) is 0 Å². The molecule has 2 atom stereocenters. The fourth-order valence-corrected chi connectivity index (χ4v) is 1.17. The highest BCUT2D eigenvalue weighted by atomic mass is 16.5. The second kappa shape index (κ2) is 6.20. The van der Waals surface area contributed by atoms with E-state index in [-0.39, 0.29) is 11.7 Å². The van der Waals surface area contributed by atoms with Crippen LogP contribution in [0.15, 0.2) is 12.2 Å². The molecule has 0 heterocycles. The SMILES string of the molecule is C/C=C\[C@@H](O)C[C@@H](C)COC(C)(C)C. The summed E-state index contributed by atoms with van der Waals surface area (Å²) in [6.45, 7) is 10.8. The van der Waals surface area contributed by atoms with Crippen LogP contribution in [-0.4, -0.2) is 23.4 Å². The van der Waals surface area contributed by atoms with Gasteiger partial charge in [0.2, 0.25) is 0 Å². The zero-order chi connectivity index (χ0) is 11.2. The average molecular weight is 200 g/mol. The summed E-state index contributed by atoms with van der Waals surface area (Å²) in [6.07, 6.45) is 4.12. The average Bonchev–Trinajstić information content (AvgIpc) is 2.00. The van der Waals surface area contributed by atoms with Crippen LogP contribution in [0, 0.1) is 5.92 Å². The predicted octanol–water partition coefficient (Wildman–Crippen LogP) is 2.76. The molecule has 0 aliphatic carbocycles. The third kappa shape index (κ3) is 8.27. The summed E-state index contributed by atoms with van der Waals surface area (Å²) in [6, 6.07) is 0. The largest absolute Gasteiger partial charge is 0.389 e. The van der Waals surface area contributed by atoms with E-state index in [0.29, 0.717) is 12.5 Å². The van der Waals surface area contributed by atoms with Crippen molar-refractivity contribution in [3.63, 3.8) is 0 Å². The highest BCUT2D eigenvalue weighted by Crippen LogP contribution is 2.13. The van der Waals surface area contributed by atoms with Gasteiger partial charge in [0.05, 0.1) is 11.7 Å². The Kier molecular flexibility index (Phi) is 6.05. The van der Waals surface area contributed by atoms with Gasteiger partial charge in [-0.3, -0.25) is 0 Å². The normalized spacial score (nSPS) is 17.3. The van der Waals surface area contributed by atoms with Crippen molar-refractivity contribution in [2.45, 2.75) is 52.7 Å². The van der Waals surface area contributed by atoms with Crippen LogP contribution in [0.1, 0.15) is 41.0 Å². The molecule has 0 fully saturated rings. The second-order valence-electron chi connectivity index (χ2n) is 4.86. The molecule has 0 saturated carbocycles. The molecule has 0 spiro atoms. The number of aliphatic hydroxyl groups excluding tert-OH is 1. The summed E-state index contributed by atoms with van der Waals surface area (Å²) < 4.78 is 5.63. The lowest BCUT2D eigenvalue weighted by Crippen LogP contribution is -2.24. The summed E-state index contributed by atoms with van der Waals surface area (Å²) in [5.41, 5.74) is -0.0835. The quantitative estimate of drug-likeness (QED) is 0.691. The Morgan fingerprint density at radius 3 is 2.36 bits per heavy atom. The minimum absolute atomic E-state index is 0.0835. The Labute approximate surface area is 88.0 Å². The van der Waals surface area contributed by atoms with Crippen molar-refractivity contribution in [1.82, 2.24) is 0 Å². The van der Waals surface area contributed by atoms with Gasteiger partial charge in [-0.05, 0) is 40.0 Å². The third-order valence-electron chi connectivity index (χ3n) is 1.86. The molecule has 0 aromatic rings. The summed E-state index contributed by atoms with van der Waals surface area (Å²) in [5, 5.41) is 9.51. The molecule has 0 aliphatic rings. The molecular weight excluding hydrogens is 176 g/mol. The van der Waals surface area contributed by atoms with E-state index in [1.807, 2.05) is 39.8 Å². The van der Waals surface area contributed by atoms with Crippen LogP contribution in [-0.2, 0) is 4.74 Å². The van der Waals surface area contributed by atoms with E-state index in [2.05, 4.69) is 6.92 Å². The summed E-state index contributed by atoms with van der Waals surface area (Å²) in [5.74, 6) is 0.389. The van der Waals surface area contributed by atoms with Gasteiger partial charge in [0.25, 0.3) is 0 Å². The Morgan fingerprint density at radius 1 is 1.36 bits per heavy atom. The number of hydrogen-bond acceptors (Lipinski definition) is 2. The van der Waals surface area contributed by atoms with Crippen LogP contribution >= 0.6 is 0 Å². The first-order valence-electron chi connectivity index (χ1n) is 5.30. The van der Waals surface area contributed by atoms with Gasteiger partial charge in [-0.25, -0.2) is 0 Å². The Balaban J connectivity index is 3.70. The Hall–Kier alpha value is -0.340. The van der Waals surface area contributed by atoms with Gasteiger partial charge >= 0.3 is 0 Å². The number of hydrogen-bond donors (Lipinski definition) is 1. The molecule has 0 aromatic carbocycles. The molecule has 2 nitrogen and oxygen atoms in total. The van der Waals surface area contributed by atoms with E-state index >= 15 is 0 Å². The molecule has 0 aliphatic heterocycles. The first kappa shape index (κ1) is 13.7. The Morgan fingerprint density at radius 2 is 1.93 bits per heavy atom. The standard InChI is InChI=1S/C12H24O2/c1-6-7-11(13)8-10(2)9-14-12(3,4)5/h6-7,10-11,13H,8-9H2,1-5H3/b7-6-/t10-,11-/m1/s1. The fraction of sp³-hybridized carbons (Fsp3) is 0.833. The lowest BCUT2D eigenvalue weighted by molar-refractivity contribution is -0.0249. The fourth-order valence-electron chi connectivity index (χ4n) is 1.17. The number of ether oxygens (including phenoxy) is 1. The highest BCUT2D eigenvalue weighted by molar-refractivity contribution is 4.86. The van der Waals surface area contributed by atoms with E-state index in [1.54, 1.807) is 0 Å². The van der Waals surface area contributed by atoms with Crippen molar-refractivity contribution in [2.75, 3.05) is 6.61 Å². The molecule has 2 heteroatoms. The maximum absolute atomic E-state index is 9.51. The molecule has 0 saturated heterocycles. The maximum Gasteiger partial charge on any atom is 0.0724 e. The molecule has 0 amide bonds. The topological polar surface area (TPSA) is 29.5 Å². The van der Waals surface area contributed by atoms with Gasteiger partial charge in [-0.15, -0.1) is 0 Å². The highest BCUT2D eigenvalue weighted by Gasteiger charge is 2.14. The van der Waals surface area contributed by atoms with Crippen LogP contribution in [0.5, 0.6) is 0 Å². The smallest absolute Gasteiger partial charge is 0.0724 e. The predicted molar refractivity (Wildman–Crippen MR) is 60.3 cm³/mol. The number of allylic oxidation sites excluding steroid dienone is 1. The van der Waals surface area contributed by atoms with Crippen molar-refractivity contribution in [2.24, 2.45) is 5.92 Å². The van der Waals surface area contributed by atoms with Gasteiger partial charge in [0.15, 0.2) is 0 Å². The van der Waals surface area contributed by atoms with E-state index in [4.69, 9.17) is 4.74 Å². The summed E-state index contributed by atoms with van der Waals surface area (Å²) in [7, 11) is 0. The zero-order valence-electron chi connectivity index (χ0n) is 10.1. The van der Waals surface area contributed by atoms with Gasteiger partial charge in [-0.2, -0.15) is 0 Å². The minimum atomic E-state index is -0.335. The van der Waals surface area contributed by atoms with Crippen LogP contribution in [0.2, 0.25) is 0 Å². The van der Waals surface area contributed by atoms with Crippen molar-refractivity contribution < 1.29 is 9.84 Å². The molecule has 14 heavy (non-hydrogen) atoms. The van der Waals surface area contributed by atoms with E-state index in [0.717, 1.165) is 6.42 Å². The van der Waals surface area contributed by atoms with Crippen LogP contribution in [0.4, 0.5) is 0 Å². The zero-order valence-corrected chi connectivity index (χ0v) is 10.1. The Bertz CT molecular complexity index is 168. The third-order valence-corrected chi connectivity index (χ3v) is 1.86. The van der Waals surface area contributed by atoms with Crippen molar-refractivity contribution >= 4 is 0 Å². The molecule has 0 rings (SSSR count). The monoisotopic (exact) mass is 200 g/mol. The van der Waals surface area contributed by atoms with Crippen LogP contribution < -0.4 is 0 Å². The number of aliphatic hydroxyl groups is 1.